The van der Waals surface area contributed by atoms with Crippen molar-refractivity contribution in [2.75, 3.05) is 6.61 Å². The van der Waals surface area contributed by atoms with Gasteiger partial charge in [-0.1, -0.05) is 112 Å². The molecule has 2 N–H and O–H groups in total. The molecule has 1 aliphatic rings. The van der Waals surface area contributed by atoms with Gasteiger partial charge in [0.1, 0.15) is 11.8 Å². The van der Waals surface area contributed by atoms with E-state index in [0.717, 1.165) is 36.0 Å². The summed E-state index contributed by atoms with van der Waals surface area (Å²) in [6.45, 7) is 2.66. The lowest BCUT2D eigenvalue weighted by Gasteiger charge is -2.22. The number of halogens is 1. The number of carbonyl (C=O) groups is 2. The van der Waals surface area contributed by atoms with Gasteiger partial charge in [-0.2, -0.15) is 0 Å². The van der Waals surface area contributed by atoms with Gasteiger partial charge in [-0.15, -0.1) is 0 Å². The van der Waals surface area contributed by atoms with E-state index in [2.05, 4.69) is 36.5 Å². The molecule has 1 atom stereocenters. The summed E-state index contributed by atoms with van der Waals surface area (Å²) in [6, 6.07) is 20.5. The number of amides is 1. The Bertz CT molecular complexity index is 1270. The van der Waals surface area contributed by atoms with Crippen molar-refractivity contribution in [1.29, 1.82) is 0 Å². The first-order valence-electron chi connectivity index (χ1n) is 15.1. The maximum Gasteiger partial charge on any atom is 0.326 e. The van der Waals surface area contributed by atoms with E-state index in [4.69, 9.17) is 16.3 Å². The minimum absolute atomic E-state index is 0.163. The van der Waals surface area contributed by atoms with Gasteiger partial charge >= 0.3 is 5.97 Å². The van der Waals surface area contributed by atoms with Crippen molar-refractivity contribution in [2.45, 2.75) is 89.5 Å². The Hall–Kier alpha value is -3.31. The Morgan fingerprint density at radius 1 is 0.902 bits per heavy atom. The quantitative estimate of drug-likeness (QED) is 0.188. The molecule has 1 fully saturated rings. The molecule has 0 spiro atoms. The van der Waals surface area contributed by atoms with E-state index >= 15 is 0 Å². The first kappa shape index (κ1) is 30.6. The molecule has 0 aromatic heterocycles. The third-order valence-corrected chi connectivity index (χ3v) is 8.24. The molecule has 1 amide bonds. The van der Waals surface area contributed by atoms with Crippen LogP contribution in [-0.2, 0) is 11.2 Å². The molecule has 6 heteroatoms. The van der Waals surface area contributed by atoms with Crippen LogP contribution in [0.25, 0.3) is 11.1 Å². The van der Waals surface area contributed by atoms with Crippen LogP contribution in [0.3, 0.4) is 0 Å². The van der Waals surface area contributed by atoms with Crippen LogP contribution in [0.1, 0.15) is 98.5 Å². The summed E-state index contributed by atoms with van der Waals surface area (Å²) in [5, 5.41) is 13.0. The average molecular weight is 576 g/mol. The molecule has 0 unspecified atom stereocenters. The number of aliphatic carboxylic acids is 1. The molecule has 4 rings (SSSR count). The molecule has 5 nitrogen and oxygen atoms in total. The number of unbranched alkanes of at least 4 members (excludes halogenated alkanes) is 4. The minimum atomic E-state index is -1.10. The van der Waals surface area contributed by atoms with Crippen LogP contribution >= 0.6 is 11.6 Å². The Morgan fingerprint density at radius 3 is 2.22 bits per heavy atom. The fraction of sp³-hybridized carbons (Fsp3) is 0.429. The lowest BCUT2D eigenvalue weighted by molar-refractivity contribution is -0.139. The van der Waals surface area contributed by atoms with Gasteiger partial charge in [-0.05, 0) is 65.6 Å². The van der Waals surface area contributed by atoms with Crippen molar-refractivity contribution in [3.63, 3.8) is 0 Å². The van der Waals surface area contributed by atoms with Gasteiger partial charge in [-0.3, -0.25) is 4.79 Å². The number of nitrogens with one attached hydrogen (secondary N) is 1. The maximum atomic E-state index is 13.2. The lowest BCUT2D eigenvalue weighted by Crippen LogP contribution is -2.42. The van der Waals surface area contributed by atoms with Crippen LogP contribution < -0.4 is 10.1 Å². The molecule has 3 aromatic rings. The van der Waals surface area contributed by atoms with Crippen LogP contribution in [0.5, 0.6) is 5.75 Å². The van der Waals surface area contributed by atoms with Gasteiger partial charge in [0.25, 0.3) is 5.91 Å². The maximum absolute atomic E-state index is 13.2. The van der Waals surface area contributed by atoms with Crippen LogP contribution in [0.2, 0.25) is 5.02 Å². The summed E-state index contributed by atoms with van der Waals surface area (Å²) >= 11 is 6.17. The molecule has 3 aromatic carbocycles. The van der Waals surface area contributed by atoms with Gasteiger partial charge in [0.05, 0.1) is 12.2 Å². The van der Waals surface area contributed by atoms with Crippen molar-refractivity contribution in [3.8, 4) is 16.9 Å². The molecule has 1 aliphatic carbocycles. The number of benzene rings is 3. The molecule has 0 bridgehead atoms. The van der Waals surface area contributed by atoms with Gasteiger partial charge in [0.2, 0.25) is 0 Å². The van der Waals surface area contributed by atoms with E-state index in [-0.39, 0.29) is 12.0 Å². The molecule has 218 valence electrons. The third-order valence-electron chi connectivity index (χ3n) is 8.01. The van der Waals surface area contributed by atoms with E-state index in [0.29, 0.717) is 23.3 Å². The SMILES string of the molecule is CCCCCCCOc1ccc(Cl)cc1C(=O)N[C@@H](Cc1ccc(-c2ccc(C3CCCCC3)cc2)cc1)C(=O)O. The summed E-state index contributed by atoms with van der Waals surface area (Å²) in [6.07, 6.45) is 12.2. The smallest absolute Gasteiger partial charge is 0.326 e. The number of rotatable bonds is 14. The molecular formula is C35H42ClNO4. The number of carboxylic acids is 1. The third kappa shape index (κ3) is 9.09. The highest BCUT2D eigenvalue weighted by molar-refractivity contribution is 6.31. The van der Waals surface area contributed by atoms with E-state index in [9.17, 15) is 14.7 Å². The zero-order valence-electron chi connectivity index (χ0n) is 24.0. The highest BCUT2D eigenvalue weighted by Gasteiger charge is 2.23. The largest absolute Gasteiger partial charge is 0.493 e. The molecule has 0 aliphatic heterocycles. The lowest BCUT2D eigenvalue weighted by atomic mass is 9.83. The van der Waals surface area contributed by atoms with Crippen molar-refractivity contribution in [2.24, 2.45) is 0 Å². The molecule has 41 heavy (non-hydrogen) atoms. The fourth-order valence-corrected chi connectivity index (χ4v) is 5.75. The number of ether oxygens (including phenoxy) is 1. The molecule has 1 saturated carbocycles. The van der Waals surface area contributed by atoms with Crippen LogP contribution in [0, 0.1) is 0 Å². The number of hydrogen-bond acceptors (Lipinski definition) is 3. The van der Waals surface area contributed by atoms with Crippen molar-refractivity contribution < 1.29 is 19.4 Å². The van der Waals surface area contributed by atoms with Crippen molar-refractivity contribution in [3.05, 3.63) is 88.4 Å². The monoisotopic (exact) mass is 575 g/mol. The molecule has 0 heterocycles. The second kappa shape index (κ2) is 15.6. The van der Waals surface area contributed by atoms with Crippen LogP contribution in [0.15, 0.2) is 66.7 Å². The topological polar surface area (TPSA) is 75.6 Å². The Balaban J connectivity index is 1.37. The second-order valence-corrected chi connectivity index (χ2v) is 11.6. The summed E-state index contributed by atoms with van der Waals surface area (Å²) in [7, 11) is 0. The summed E-state index contributed by atoms with van der Waals surface area (Å²) in [5.41, 5.74) is 4.71. The Kier molecular flexibility index (Phi) is 11.7. The normalized spacial score (nSPS) is 14.4. The number of carbonyl (C=O) groups excluding carboxylic acids is 1. The zero-order valence-corrected chi connectivity index (χ0v) is 24.8. The summed E-state index contributed by atoms with van der Waals surface area (Å²) in [5.74, 6) is -0.532. The van der Waals surface area contributed by atoms with E-state index in [1.54, 1.807) is 12.1 Å². The first-order valence-corrected chi connectivity index (χ1v) is 15.5. The highest BCUT2D eigenvalue weighted by Crippen LogP contribution is 2.33. The fourth-order valence-electron chi connectivity index (χ4n) is 5.58. The standard InChI is InChI=1S/C35H42ClNO4/c1-2-3-4-5-9-22-41-33-21-20-30(36)24-31(33)34(38)37-32(35(39)40)23-25-12-14-27(15-13-25)29-18-16-28(17-19-29)26-10-7-6-8-11-26/h12-21,24,26,32H,2-11,22-23H2,1H3,(H,37,38)(H,39,40)/t32-/m0/s1. The van der Waals surface area contributed by atoms with Crippen molar-refractivity contribution in [1.82, 2.24) is 5.32 Å². The van der Waals surface area contributed by atoms with Gasteiger partial charge in [-0.25, -0.2) is 4.79 Å². The Labute approximate surface area is 249 Å². The van der Waals surface area contributed by atoms with Crippen LogP contribution in [-0.4, -0.2) is 29.6 Å². The van der Waals surface area contributed by atoms with Crippen molar-refractivity contribution >= 4 is 23.5 Å². The summed E-state index contributed by atoms with van der Waals surface area (Å²) < 4.78 is 5.88. The Morgan fingerprint density at radius 2 is 1.56 bits per heavy atom. The van der Waals surface area contributed by atoms with Gasteiger partial charge in [0.15, 0.2) is 0 Å². The second-order valence-electron chi connectivity index (χ2n) is 11.1. The molecule has 0 radical (unpaired) electrons. The number of hydrogen-bond donors (Lipinski definition) is 2. The van der Waals surface area contributed by atoms with E-state index < -0.39 is 17.9 Å². The first-order chi connectivity index (χ1) is 19.9. The highest BCUT2D eigenvalue weighted by atomic mass is 35.5. The minimum Gasteiger partial charge on any atom is -0.493 e. The molecule has 0 saturated heterocycles. The van der Waals surface area contributed by atoms with Crippen LogP contribution in [0.4, 0.5) is 0 Å². The van der Waals surface area contributed by atoms with E-state index in [1.807, 2.05) is 24.3 Å². The van der Waals surface area contributed by atoms with E-state index in [1.165, 1.54) is 56.6 Å². The van der Waals surface area contributed by atoms with Gasteiger partial charge < -0.3 is 15.2 Å². The zero-order chi connectivity index (χ0) is 29.0. The predicted octanol–water partition coefficient (Wildman–Crippen LogP) is 8.83. The number of carboxylic acid groups (broad SMARTS) is 1. The average Bonchev–Trinajstić information content (AvgIpc) is 3.00. The molecular weight excluding hydrogens is 534 g/mol. The summed E-state index contributed by atoms with van der Waals surface area (Å²) in [4.78, 5) is 25.3. The predicted molar refractivity (Wildman–Crippen MR) is 166 cm³/mol. The van der Waals surface area contributed by atoms with Gasteiger partial charge in [0, 0.05) is 11.4 Å².